The SMILES string of the molecule is CN1C2=CC=C(O)C(C=O)C2N=C1CCC(=O)N1CCOCC1. The Bertz CT molecular complexity index is 590. The van der Waals surface area contributed by atoms with Gasteiger partial charge in [0.05, 0.1) is 19.1 Å². The highest BCUT2D eigenvalue weighted by molar-refractivity contribution is 5.91. The van der Waals surface area contributed by atoms with Crippen molar-refractivity contribution in [3.8, 4) is 0 Å². The Hall–Kier alpha value is -2.15. The van der Waals surface area contributed by atoms with Crippen molar-refractivity contribution < 1.29 is 19.4 Å². The Morgan fingerprint density at radius 2 is 2.17 bits per heavy atom. The molecule has 0 radical (unpaired) electrons. The van der Waals surface area contributed by atoms with E-state index < -0.39 is 5.92 Å². The van der Waals surface area contributed by atoms with Crippen LogP contribution in [0.15, 0.2) is 28.6 Å². The highest BCUT2D eigenvalue weighted by Crippen LogP contribution is 2.33. The predicted molar refractivity (Wildman–Crippen MR) is 84.0 cm³/mol. The first kappa shape index (κ1) is 15.7. The van der Waals surface area contributed by atoms with E-state index in [0.717, 1.165) is 17.8 Å². The number of aliphatic hydroxyl groups excluding tert-OH is 1. The summed E-state index contributed by atoms with van der Waals surface area (Å²) < 4.78 is 5.25. The fourth-order valence-corrected chi connectivity index (χ4v) is 3.14. The van der Waals surface area contributed by atoms with Crippen molar-refractivity contribution >= 4 is 18.0 Å². The number of hydrogen-bond acceptors (Lipinski definition) is 6. The average molecular weight is 319 g/mol. The van der Waals surface area contributed by atoms with E-state index >= 15 is 0 Å². The zero-order valence-electron chi connectivity index (χ0n) is 13.1. The van der Waals surface area contributed by atoms with Gasteiger partial charge < -0.3 is 24.4 Å². The quantitative estimate of drug-likeness (QED) is 0.763. The van der Waals surface area contributed by atoms with Crippen LogP contribution in [0.4, 0.5) is 0 Å². The number of aliphatic hydroxyl groups is 1. The van der Waals surface area contributed by atoms with Crippen molar-refractivity contribution in [1.29, 1.82) is 0 Å². The standard InChI is InChI=1S/C16H21N3O4/c1-18-12-2-3-13(21)11(10-20)16(12)17-14(18)4-5-15(22)19-6-8-23-9-7-19/h2-3,10-11,16,21H,4-9H2,1H3. The van der Waals surface area contributed by atoms with Gasteiger partial charge in [0.2, 0.25) is 5.91 Å². The van der Waals surface area contributed by atoms with Crippen LogP contribution in [0.5, 0.6) is 0 Å². The molecule has 7 heteroatoms. The molecule has 7 nitrogen and oxygen atoms in total. The zero-order valence-corrected chi connectivity index (χ0v) is 13.1. The molecule has 3 rings (SSSR count). The molecule has 124 valence electrons. The molecule has 1 fully saturated rings. The minimum Gasteiger partial charge on any atom is -0.511 e. The molecule has 0 aromatic heterocycles. The van der Waals surface area contributed by atoms with Crippen LogP contribution in [0.3, 0.4) is 0 Å². The molecule has 1 saturated heterocycles. The molecule has 0 bridgehead atoms. The highest BCUT2D eigenvalue weighted by Gasteiger charge is 2.37. The molecular formula is C16H21N3O4. The van der Waals surface area contributed by atoms with Crippen molar-refractivity contribution in [3.63, 3.8) is 0 Å². The number of rotatable bonds is 4. The smallest absolute Gasteiger partial charge is 0.223 e. The number of hydrogen-bond donors (Lipinski definition) is 1. The normalized spacial score (nSPS) is 27.1. The molecule has 0 spiro atoms. The predicted octanol–water partition coefficient (Wildman–Crippen LogP) is 0.492. The van der Waals surface area contributed by atoms with E-state index in [2.05, 4.69) is 4.99 Å². The molecule has 2 unspecified atom stereocenters. The first-order chi connectivity index (χ1) is 11.1. The molecule has 1 aliphatic carbocycles. The summed E-state index contributed by atoms with van der Waals surface area (Å²) in [5.74, 6) is 0.278. The number of likely N-dealkylation sites (N-methyl/N-ethyl adjacent to an activating group) is 1. The summed E-state index contributed by atoms with van der Waals surface area (Å²) in [5, 5.41) is 9.80. The number of fused-ring (bicyclic) bond motifs is 1. The first-order valence-corrected chi connectivity index (χ1v) is 7.83. The molecule has 0 aromatic carbocycles. The van der Waals surface area contributed by atoms with E-state index in [-0.39, 0.29) is 17.7 Å². The molecule has 1 amide bonds. The van der Waals surface area contributed by atoms with Gasteiger partial charge in [-0.1, -0.05) is 0 Å². The number of nitrogens with zero attached hydrogens (tertiary/aromatic N) is 3. The molecule has 0 saturated carbocycles. The van der Waals surface area contributed by atoms with Gasteiger partial charge in [-0.2, -0.15) is 0 Å². The Morgan fingerprint density at radius 3 is 2.87 bits per heavy atom. The molecule has 2 heterocycles. The van der Waals surface area contributed by atoms with Crippen LogP contribution in [0, 0.1) is 5.92 Å². The van der Waals surface area contributed by atoms with Crippen LogP contribution in [-0.2, 0) is 14.3 Å². The number of allylic oxidation sites excluding steroid dienone is 2. The zero-order chi connectivity index (χ0) is 16.4. The third-order valence-electron chi connectivity index (χ3n) is 4.55. The van der Waals surface area contributed by atoms with Gasteiger partial charge in [-0.15, -0.1) is 0 Å². The lowest BCUT2D eigenvalue weighted by Gasteiger charge is -2.27. The Balaban J connectivity index is 1.64. The van der Waals surface area contributed by atoms with E-state index in [4.69, 9.17) is 4.74 Å². The summed E-state index contributed by atoms with van der Waals surface area (Å²) in [6, 6.07) is -0.379. The fourth-order valence-electron chi connectivity index (χ4n) is 3.14. The van der Waals surface area contributed by atoms with E-state index in [9.17, 15) is 14.7 Å². The minimum atomic E-state index is -0.634. The van der Waals surface area contributed by atoms with Crippen LogP contribution in [-0.4, -0.2) is 72.3 Å². The van der Waals surface area contributed by atoms with E-state index in [1.165, 1.54) is 0 Å². The number of carbonyl (C=O) groups excluding carboxylic acids is 2. The van der Waals surface area contributed by atoms with Crippen LogP contribution >= 0.6 is 0 Å². The topological polar surface area (TPSA) is 82.4 Å². The van der Waals surface area contributed by atoms with Gasteiger partial charge in [-0.3, -0.25) is 9.79 Å². The lowest BCUT2D eigenvalue weighted by atomic mass is 9.92. The van der Waals surface area contributed by atoms with Gasteiger partial charge >= 0.3 is 0 Å². The molecule has 3 aliphatic rings. The van der Waals surface area contributed by atoms with Gasteiger partial charge in [0.25, 0.3) is 0 Å². The van der Waals surface area contributed by atoms with Crippen molar-refractivity contribution in [1.82, 2.24) is 9.80 Å². The van der Waals surface area contributed by atoms with Crippen LogP contribution in [0.25, 0.3) is 0 Å². The van der Waals surface area contributed by atoms with Gasteiger partial charge in [0.1, 0.15) is 23.9 Å². The van der Waals surface area contributed by atoms with Crippen molar-refractivity contribution in [3.05, 3.63) is 23.6 Å². The van der Waals surface area contributed by atoms with Gasteiger partial charge in [-0.25, -0.2) is 0 Å². The maximum absolute atomic E-state index is 12.2. The van der Waals surface area contributed by atoms with Gasteiger partial charge in [0.15, 0.2) is 0 Å². The summed E-state index contributed by atoms with van der Waals surface area (Å²) >= 11 is 0. The van der Waals surface area contributed by atoms with Crippen molar-refractivity contribution in [2.75, 3.05) is 33.4 Å². The van der Waals surface area contributed by atoms with E-state index in [1.807, 2.05) is 16.8 Å². The van der Waals surface area contributed by atoms with Crippen molar-refractivity contribution in [2.24, 2.45) is 10.9 Å². The van der Waals surface area contributed by atoms with Gasteiger partial charge in [-0.05, 0) is 12.2 Å². The Labute approximate surface area is 134 Å². The number of amides is 1. The Morgan fingerprint density at radius 1 is 1.43 bits per heavy atom. The highest BCUT2D eigenvalue weighted by atomic mass is 16.5. The van der Waals surface area contributed by atoms with Gasteiger partial charge in [0, 0.05) is 38.7 Å². The number of aldehydes is 1. The molecule has 2 atom stereocenters. The average Bonchev–Trinajstić information content (AvgIpc) is 2.89. The maximum atomic E-state index is 12.2. The third-order valence-corrected chi connectivity index (χ3v) is 4.55. The van der Waals surface area contributed by atoms with Crippen LogP contribution in [0.1, 0.15) is 12.8 Å². The van der Waals surface area contributed by atoms with Crippen LogP contribution < -0.4 is 0 Å². The fraction of sp³-hybridized carbons (Fsp3) is 0.562. The summed E-state index contributed by atoms with van der Waals surface area (Å²) in [5.41, 5.74) is 0.883. The lowest BCUT2D eigenvalue weighted by molar-refractivity contribution is -0.135. The number of aliphatic imine (C=N–C) groups is 1. The van der Waals surface area contributed by atoms with Crippen molar-refractivity contribution in [2.45, 2.75) is 18.9 Å². The summed E-state index contributed by atoms with van der Waals surface area (Å²) in [6.07, 6.45) is 4.95. The van der Waals surface area contributed by atoms with E-state index in [1.54, 1.807) is 12.2 Å². The second kappa shape index (κ2) is 6.54. The third kappa shape index (κ3) is 3.01. The van der Waals surface area contributed by atoms with Crippen LogP contribution in [0.2, 0.25) is 0 Å². The Kier molecular flexibility index (Phi) is 4.47. The molecule has 0 aromatic rings. The lowest BCUT2D eigenvalue weighted by Crippen LogP contribution is -2.41. The summed E-state index contributed by atoms with van der Waals surface area (Å²) in [6.45, 7) is 2.46. The second-order valence-corrected chi connectivity index (χ2v) is 5.89. The number of ether oxygens (including phenoxy) is 1. The summed E-state index contributed by atoms with van der Waals surface area (Å²) in [7, 11) is 1.88. The molecule has 1 N–H and O–H groups in total. The molecule has 23 heavy (non-hydrogen) atoms. The summed E-state index contributed by atoms with van der Waals surface area (Å²) in [4.78, 5) is 31.7. The maximum Gasteiger partial charge on any atom is 0.223 e. The second-order valence-electron chi connectivity index (χ2n) is 5.89. The first-order valence-electron chi connectivity index (χ1n) is 7.83. The minimum absolute atomic E-state index is 0.0385. The number of carbonyl (C=O) groups is 2. The monoisotopic (exact) mass is 319 g/mol. The molecule has 2 aliphatic heterocycles. The number of amidine groups is 1. The largest absolute Gasteiger partial charge is 0.511 e. The van der Waals surface area contributed by atoms with E-state index in [0.29, 0.717) is 39.1 Å². The molecular weight excluding hydrogens is 298 g/mol. The number of morpholine rings is 1.